The number of ether oxygens (including phenoxy) is 3. The Kier molecular flexibility index (Phi) is 6.99. The van der Waals surface area contributed by atoms with Crippen molar-refractivity contribution in [1.82, 2.24) is 14.7 Å². The predicted molar refractivity (Wildman–Crippen MR) is 148 cm³/mol. The van der Waals surface area contributed by atoms with Gasteiger partial charge in [-0.15, -0.1) is 0 Å². The van der Waals surface area contributed by atoms with Crippen LogP contribution in [0.25, 0.3) is 33.6 Å². The third-order valence-electron chi connectivity index (χ3n) is 7.38. The van der Waals surface area contributed by atoms with Crippen molar-refractivity contribution >= 4 is 22.7 Å². The second-order valence-electron chi connectivity index (χ2n) is 10.6. The Bertz CT molecular complexity index is 1460. The largest absolute Gasteiger partial charge is 0.490 e. The predicted octanol–water partition coefficient (Wildman–Crippen LogP) is 6.91. The van der Waals surface area contributed by atoms with E-state index in [1.165, 1.54) is 6.42 Å². The molecule has 9 heteroatoms. The van der Waals surface area contributed by atoms with Gasteiger partial charge in [-0.2, -0.15) is 4.98 Å². The fraction of sp³-hybridized carbons (Fsp3) is 0.433. The molecular weight excluding hydrogens is 496 g/mol. The Morgan fingerprint density at radius 1 is 1.08 bits per heavy atom. The Hall–Kier alpha value is -3.85. The van der Waals surface area contributed by atoms with Crippen LogP contribution in [0.3, 0.4) is 0 Å². The molecule has 2 aromatic carbocycles. The van der Waals surface area contributed by atoms with Gasteiger partial charge in [0.25, 0.3) is 5.89 Å². The van der Waals surface area contributed by atoms with E-state index in [9.17, 15) is 4.79 Å². The highest BCUT2D eigenvalue weighted by Crippen LogP contribution is 2.47. The molecule has 1 saturated heterocycles. The first-order valence-electron chi connectivity index (χ1n) is 13.8. The quantitative estimate of drug-likeness (QED) is 0.277. The van der Waals surface area contributed by atoms with E-state index in [2.05, 4.69) is 32.2 Å². The van der Waals surface area contributed by atoms with Crippen molar-refractivity contribution in [2.45, 2.75) is 71.1 Å². The highest BCUT2D eigenvalue weighted by Gasteiger charge is 2.30. The molecule has 0 unspecified atom stereocenters. The molecule has 0 radical (unpaired) electrons. The molecule has 2 aliphatic rings. The van der Waals surface area contributed by atoms with E-state index in [1.807, 2.05) is 51.1 Å². The summed E-state index contributed by atoms with van der Waals surface area (Å²) in [4.78, 5) is 16.7. The summed E-state index contributed by atoms with van der Waals surface area (Å²) in [7, 11) is 0. The van der Waals surface area contributed by atoms with E-state index in [-0.39, 0.29) is 12.2 Å². The first kappa shape index (κ1) is 25.4. The van der Waals surface area contributed by atoms with Gasteiger partial charge >= 0.3 is 6.09 Å². The van der Waals surface area contributed by atoms with Gasteiger partial charge < -0.3 is 23.3 Å². The van der Waals surface area contributed by atoms with Crippen LogP contribution in [0.2, 0.25) is 0 Å². The van der Waals surface area contributed by atoms with E-state index in [1.54, 1.807) is 0 Å². The Morgan fingerprint density at radius 2 is 1.85 bits per heavy atom. The Morgan fingerprint density at radius 3 is 2.49 bits per heavy atom. The zero-order valence-electron chi connectivity index (χ0n) is 22.6. The van der Waals surface area contributed by atoms with Crippen LogP contribution in [0.4, 0.5) is 10.5 Å². The number of hydrogen-bond acceptors (Lipinski definition) is 7. The summed E-state index contributed by atoms with van der Waals surface area (Å²) < 4.78 is 25.3. The van der Waals surface area contributed by atoms with Crippen LogP contribution in [0.5, 0.6) is 5.75 Å². The second-order valence-corrected chi connectivity index (χ2v) is 10.6. The lowest BCUT2D eigenvalue weighted by molar-refractivity contribution is 0.0256. The van der Waals surface area contributed by atoms with Crippen molar-refractivity contribution in [3.8, 4) is 28.5 Å². The number of carbonyl (C=O) groups excluding carboxylic acids is 1. The third kappa shape index (κ3) is 5.23. The molecular formula is C30H34N4O5. The van der Waals surface area contributed by atoms with Crippen molar-refractivity contribution in [1.29, 1.82) is 0 Å². The van der Waals surface area contributed by atoms with Gasteiger partial charge in [0, 0.05) is 36.0 Å². The fourth-order valence-corrected chi connectivity index (χ4v) is 5.35. The van der Waals surface area contributed by atoms with Crippen LogP contribution < -0.4 is 10.1 Å². The Labute approximate surface area is 227 Å². The summed E-state index contributed by atoms with van der Waals surface area (Å²) in [5.41, 5.74) is 4.69. The number of aryl methyl sites for hydroxylation is 1. The van der Waals surface area contributed by atoms with E-state index in [0.717, 1.165) is 72.4 Å². The SMILES string of the molecule is Cc1noc(-c2c(-c3ccc(NC(=O)OC(C)C)cc3)n(C3CCC3)c3cc(OC4CCOCC4)ccc23)n1. The number of fused-ring (bicyclic) bond motifs is 1. The second kappa shape index (κ2) is 10.7. The van der Waals surface area contributed by atoms with Gasteiger partial charge in [-0.1, -0.05) is 17.3 Å². The van der Waals surface area contributed by atoms with Crippen LogP contribution in [0.1, 0.15) is 57.8 Å². The molecule has 2 aromatic heterocycles. The molecule has 3 heterocycles. The first-order valence-corrected chi connectivity index (χ1v) is 13.8. The molecule has 0 spiro atoms. The van der Waals surface area contributed by atoms with Gasteiger partial charge in [0.15, 0.2) is 5.82 Å². The minimum absolute atomic E-state index is 0.156. The number of hydrogen-bond donors (Lipinski definition) is 1. The van der Waals surface area contributed by atoms with Crippen LogP contribution >= 0.6 is 0 Å². The van der Waals surface area contributed by atoms with E-state index < -0.39 is 6.09 Å². The van der Waals surface area contributed by atoms with Crippen molar-refractivity contribution < 1.29 is 23.5 Å². The van der Waals surface area contributed by atoms with Crippen molar-refractivity contribution in [2.24, 2.45) is 0 Å². The molecule has 1 N–H and O–H groups in total. The maximum atomic E-state index is 12.1. The molecule has 4 aromatic rings. The molecule has 9 nitrogen and oxygen atoms in total. The number of nitrogens with zero attached hydrogens (tertiary/aromatic N) is 3. The van der Waals surface area contributed by atoms with E-state index in [0.29, 0.717) is 23.4 Å². The lowest BCUT2D eigenvalue weighted by Gasteiger charge is -2.30. The Balaban J connectivity index is 1.45. The minimum atomic E-state index is -0.472. The van der Waals surface area contributed by atoms with Gasteiger partial charge in [-0.05, 0) is 69.9 Å². The summed E-state index contributed by atoms with van der Waals surface area (Å²) >= 11 is 0. The van der Waals surface area contributed by atoms with Gasteiger partial charge in [0.2, 0.25) is 0 Å². The van der Waals surface area contributed by atoms with Crippen molar-refractivity contribution in [2.75, 3.05) is 18.5 Å². The molecule has 1 aliphatic carbocycles. The number of benzene rings is 2. The summed E-state index contributed by atoms with van der Waals surface area (Å²) in [6, 6.07) is 14.5. The van der Waals surface area contributed by atoms with Gasteiger partial charge in [0.05, 0.1) is 36.1 Å². The standard InChI is InChI=1S/C30H34N4O5/c1-18(2)37-30(35)32-21-9-7-20(8-10-21)28-27(29-31-19(3)33-39-29)25-12-11-24(38-23-13-15-36-16-14-23)17-26(25)34(28)22-5-4-6-22/h7-12,17-18,22-23H,4-6,13-16H2,1-3H3,(H,32,35). The maximum Gasteiger partial charge on any atom is 0.411 e. The number of anilines is 1. The minimum Gasteiger partial charge on any atom is -0.490 e. The van der Waals surface area contributed by atoms with Crippen LogP contribution in [0, 0.1) is 6.92 Å². The maximum absolute atomic E-state index is 12.1. The third-order valence-corrected chi connectivity index (χ3v) is 7.38. The van der Waals surface area contributed by atoms with E-state index >= 15 is 0 Å². The number of carbonyl (C=O) groups is 1. The average molecular weight is 531 g/mol. The molecule has 0 bridgehead atoms. The van der Waals surface area contributed by atoms with Gasteiger partial charge in [-0.3, -0.25) is 5.32 Å². The number of rotatable bonds is 7. The molecule has 1 aliphatic heterocycles. The number of amides is 1. The first-order chi connectivity index (χ1) is 19.0. The van der Waals surface area contributed by atoms with Crippen LogP contribution in [-0.2, 0) is 9.47 Å². The topological polar surface area (TPSA) is 101 Å². The lowest BCUT2D eigenvalue weighted by atomic mass is 9.92. The number of nitrogens with one attached hydrogen (secondary N) is 1. The fourth-order valence-electron chi connectivity index (χ4n) is 5.35. The molecule has 1 saturated carbocycles. The van der Waals surface area contributed by atoms with Gasteiger partial charge in [0.1, 0.15) is 11.9 Å². The normalized spacial score (nSPS) is 16.4. The molecule has 1 amide bonds. The summed E-state index contributed by atoms with van der Waals surface area (Å²) in [5, 5.41) is 7.94. The number of aromatic nitrogens is 3. The molecule has 0 atom stereocenters. The van der Waals surface area contributed by atoms with Crippen LogP contribution in [0.15, 0.2) is 47.0 Å². The van der Waals surface area contributed by atoms with E-state index in [4.69, 9.17) is 18.7 Å². The summed E-state index contributed by atoms with van der Waals surface area (Å²) in [6.45, 7) is 6.94. The lowest BCUT2D eigenvalue weighted by Crippen LogP contribution is -2.25. The monoisotopic (exact) mass is 530 g/mol. The smallest absolute Gasteiger partial charge is 0.411 e. The highest BCUT2D eigenvalue weighted by molar-refractivity contribution is 6.03. The molecule has 6 rings (SSSR count). The molecule has 204 valence electrons. The molecule has 39 heavy (non-hydrogen) atoms. The summed E-state index contributed by atoms with van der Waals surface area (Å²) in [5.74, 6) is 1.94. The van der Waals surface area contributed by atoms with Crippen LogP contribution in [-0.4, -0.2) is 46.2 Å². The average Bonchev–Trinajstić information content (AvgIpc) is 3.45. The zero-order valence-corrected chi connectivity index (χ0v) is 22.6. The molecule has 2 fully saturated rings. The zero-order chi connectivity index (χ0) is 26.9. The van der Waals surface area contributed by atoms with Crippen molar-refractivity contribution in [3.63, 3.8) is 0 Å². The van der Waals surface area contributed by atoms with Gasteiger partial charge in [-0.25, -0.2) is 4.79 Å². The highest BCUT2D eigenvalue weighted by atomic mass is 16.6. The summed E-state index contributed by atoms with van der Waals surface area (Å²) in [6.07, 6.45) is 4.68. The van der Waals surface area contributed by atoms with Crippen molar-refractivity contribution in [3.05, 3.63) is 48.3 Å².